The van der Waals surface area contributed by atoms with Gasteiger partial charge in [-0.25, -0.2) is 0 Å². The fourth-order valence-corrected chi connectivity index (χ4v) is 1.83. The van der Waals surface area contributed by atoms with Crippen molar-refractivity contribution in [3.8, 4) is 0 Å². The molecule has 2 aromatic rings. The van der Waals surface area contributed by atoms with E-state index in [1.54, 1.807) is 42.1 Å². The molecular weight excluding hydrogens is 271 g/mol. The van der Waals surface area contributed by atoms with Crippen LogP contribution in [0.25, 0.3) is 6.08 Å². The van der Waals surface area contributed by atoms with Crippen LogP contribution in [0.1, 0.15) is 16.1 Å². The summed E-state index contributed by atoms with van der Waals surface area (Å²) in [6, 6.07) is 6.72. The summed E-state index contributed by atoms with van der Waals surface area (Å²) < 4.78 is 1.61. The topological polar surface area (TPSA) is 34.9 Å². The van der Waals surface area contributed by atoms with Gasteiger partial charge in [0.1, 0.15) is 0 Å². The maximum atomic E-state index is 11.9. The predicted molar refractivity (Wildman–Crippen MR) is 73.0 cm³/mol. The molecule has 0 aliphatic carbocycles. The van der Waals surface area contributed by atoms with E-state index in [4.69, 9.17) is 23.2 Å². The van der Waals surface area contributed by atoms with Crippen LogP contribution in [0.15, 0.2) is 36.5 Å². The average Bonchev–Trinajstić information content (AvgIpc) is 2.67. The summed E-state index contributed by atoms with van der Waals surface area (Å²) in [5.74, 6) is -0.107. The summed E-state index contributed by atoms with van der Waals surface area (Å²) in [5, 5.41) is 5.10. The van der Waals surface area contributed by atoms with Crippen molar-refractivity contribution in [2.75, 3.05) is 0 Å². The van der Waals surface area contributed by atoms with Crippen molar-refractivity contribution in [1.29, 1.82) is 0 Å². The first kappa shape index (κ1) is 12.9. The van der Waals surface area contributed by atoms with Crippen molar-refractivity contribution in [2.45, 2.75) is 0 Å². The molecule has 2 rings (SSSR count). The summed E-state index contributed by atoms with van der Waals surface area (Å²) >= 11 is 11.7. The second kappa shape index (κ2) is 5.38. The summed E-state index contributed by atoms with van der Waals surface area (Å²) in [5.41, 5.74) is 1.27. The fraction of sp³-hybridized carbons (Fsp3) is 0.0769. The van der Waals surface area contributed by atoms with Crippen molar-refractivity contribution in [3.05, 3.63) is 57.8 Å². The van der Waals surface area contributed by atoms with E-state index >= 15 is 0 Å². The zero-order valence-corrected chi connectivity index (χ0v) is 11.1. The minimum absolute atomic E-state index is 0.107. The Balaban J connectivity index is 2.19. The molecule has 18 heavy (non-hydrogen) atoms. The van der Waals surface area contributed by atoms with Gasteiger partial charge in [0.25, 0.3) is 0 Å². The molecule has 3 nitrogen and oxygen atoms in total. The minimum atomic E-state index is -0.107. The third kappa shape index (κ3) is 2.81. The number of ketones is 1. The zero-order valence-electron chi connectivity index (χ0n) is 9.60. The smallest absolute Gasteiger partial charge is 0.185 e. The molecule has 0 N–H and O–H groups in total. The van der Waals surface area contributed by atoms with Crippen LogP contribution in [0, 0.1) is 0 Å². The van der Waals surface area contributed by atoms with E-state index in [1.165, 1.54) is 12.3 Å². The zero-order chi connectivity index (χ0) is 13.1. The molecule has 92 valence electrons. The number of rotatable bonds is 3. The second-order valence-electron chi connectivity index (χ2n) is 3.71. The van der Waals surface area contributed by atoms with Crippen LogP contribution in [-0.2, 0) is 7.05 Å². The Bertz CT molecular complexity index is 580. The maximum absolute atomic E-state index is 11.9. The van der Waals surface area contributed by atoms with E-state index in [0.29, 0.717) is 21.3 Å². The van der Waals surface area contributed by atoms with Crippen LogP contribution in [0.2, 0.25) is 10.0 Å². The molecule has 0 amide bonds. The van der Waals surface area contributed by atoms with Crippen molar-refractivity contribution in [2.24, 2.45) is 7.05 Å². The van der Waals surface area contributed by atoms with E-state index in [9.17, 15) is 4.79 Å². The number of carbonyl (C=O) groups is 1. The molecule has 1 aromatic heterocycles. The van der Waals surface area contributed by atoms with Gasteiger partial charge in [0.15, 0.2) is 5.78 Å². The van der Waals surface area contributed by atoms with Crippen LogP contribution in [0.3, 0.4) is 0 Å². The highest BCUT2D eigenvalue weighted by molar-refractivity contribution is 6.32. The maximum Gasteiger partial charge on any atom is 0.185 e. The lowest BCUT2D eigenvalue weighted by Gasteiger charge is -1.97. The van der Waals surface area contributed by atoms with Gasteiger partial charge in [-0.2, -0.15) is 5.10 Å². The molecule has 0 aliphatic rings. The number of benzene rings is 1. The number of hydrogen-bond acceptors (Lipinski definition) is 2. The van der Waals surface area contributed by atoms with Crippen molar-refractivity contribution < 1.29 is 4.79 Å². The van der Waals surface area contributed by atoms with Crippen molar-refractivity contribution >= 4 is 35.1 Å². The summed E-state index contributed by atoms with van der Waals surface area (Å²) in [7, 11) is 1.76. The Morgan fingerprint density at radius 2 is 1.94 bits per heavy atom. The Hall–Kier alpha value is -1.58. The molecule has 1 heterocycles. The molecule has 0 fully saturated rings. The van der Waals surface area contributed by atoms with Gasteiger partial charge in [-0.05, 0) is 36.4 Å². The standard InChI is InChI=1S/C13H10Cl2N2O/c1-17-12(11(15)8-16-17)6-7-13(18)9-2-4-10(14)5-3-9/h2-8H,1H3/b7-6+. The summed E-state index contributed by atoms with van der Waals surface area (Å²) in [6.45, 7) is 0. The van der Waals surface area contributed by atoms with Gasteiger partial charge in [-0.3, -0.25) is 9.48 Å². The lowest BCUT2D eigenvalue weighted by molar-refractivity contribution is 0.104. The van der Waals surface area contributed by atoms with Gasteiger partial charge in [0, 0.05) is 17.6 Å². The van der Waals surface area contributed by atoms with Gasteiger partial charge < -0.3 is 0 Å². The van der Waals surface area contributed by atoms with Gasteiger partial charge in [0.05, 0.1) is 16.9 Å². The molecule has 0 spiro atoms. The average molecular weight is 281 g/mol. The number of nitrogens with zero attached hydrogens (tertiary/aromatic N) is 2. The van der Waals surface area contributed by atoms with E-state index in [2.05, 4.69) is 5.10 Å². The van der Waals surface area contributed by atoms with Gasteiger partial charge >= 0.3 is 0 Å². The third-order valence-electron chi connectivity index (χ3n) is 2.46. The Kier molecular flexibility index (Phi) is 3.84. The van der Waals surface area contributed by atoms with Crippen LogP contribution >= 0.6 is 23.2 Å². The van der Waals surface area contributed by atoms with Crippen molar-refractivity contribution in [3.63, 3.8) is 0 Å². The Morgan fingerprint density at radius 3 is 2.50 bits per heavy atom. The Morgan fingerprint density at radius 1 is 1.28 bits per heavy atom. The van der Waals surface area contributed by atoms with E-state index < -0.39 is 0 Å². The highest BCUT2D eigenvalue weighted by Gasteiger charge is 2.05. The van der Waals surface area contributed by atoms with E-state index in [-0.39, 0.29) is 5.78 Å². The first-order valence-electron chi connectivity index (χ1n) is 5.23. The highest BCUT2D eigenvalue weighted by Crippen LogP contribution is 2.16. The largest absolute Gasteiger partial charge is 0.289 e. The van der Waals surface area contributed by atoms with Crippen LogP contribution < -0.4 is 0 Å². The minimum Gasteiger partial charge on any atom is -0.289 e. The first-order chi connectivity index (χ1) is 8.58. The van der Waals surface area contributed by atoms with Crippen LogP contribution in [-0.4, -0.2) is 15.6 Å². The molecule has 5 heteroatoms. The number of aryl methyl sites for hydroxylation is 1. The molecule has 0 bridgehead atoms. The monoisotopic (exact) mass is 280 g/mol. The van der Waals surface area contributed by atoms with Gasteiger partial charge in [-0.15, -0.1) is 0 Å². The number of carbonyl (C=O) groups excluding carboxylic acids is 1. The summed E-state index contributed by atoms with van der Waals surface area (Å²) in [6.07, 6.45) is 4.65. The highest BCUT2D eigenvalue weighted by atomic mass is 35.5. The lowest BCUT2D eigenvalue weighted by Crippen LogP contribution is -1.96. The van der Waals surface area contributed by atoms with Gasteiger partial charge in [-0.1, -0.05) is 23.2 Å². The second-order valence-corrected chi connectivity index (χ2v) is 4.55. The van der Waals surface area contributed by atoms with Crippen LogP contribution in [0.4, 0.5) is 0 Å². The molecule has 0 aliphatic heterocycles. The number of hydrogen-bond donors (Lipinski definition) is 0. The molecule has 0 radical (unpaired) electrons. The van der Waals surface area contributed by atoms with E-state index in [1.807, 2.05) is 0 Å². The molecule has 0 saturated heterocycles. The van der Waals surface area contributed by atoms with Crippen LogP contribution in [0.5, 0.6) is 0 Å². The molecule has 1 aromatic carbocycles. The number of aromatic nitrogens is 2. The Labute approximate surface area is 115 Å². The molecular formula is C13H10Cl2N2O. The lowest BCUT2D eigenvalue weighted by atomic mass is 10.1. The normalized spacial score (nSPS) is 11.1. The fourth-order valence-electron chi connectivity index (χ4n) is 1.47. The number of halogens is 2. The molecule has 0 unspecified atom stereocenters. The van der Waals surface area contributed by atoms with Gasteiger partial charge in [0.2, 0.25) is 0 Å². The summed E-state index contributed by atoms with van der Waals surface area (Å²) in [4.78, 5) is 11.9. The molecule has 0 atom stereocenters. The predicted octanol–water partition coefficient (Wildman–Crippen LogP) is 3.62. The van der Waals surface area contributed by atoms with E-state index in [0.717, 1.165) is 0 Å². The van der Waals surface area contributed by atoms with Crippen molar-refractivity contribution in [1.82, 2.24) is 9.78 Å². The SMILES string of the molecule is Cn1ncc(Cl)c1/C=C/C(=O)c1ccc(Cl)cc1. The molecule has 0 saturated carbocycles. The number of allylic oxidation sites excluding steroid dienone is 1. The third-order valence-corrected chi connectivity index (χ3v) is 3.00. The quantitative estimate of drug-likeness (QED) is 0.636. The first-order valence-corrected chi connectivity index (χ1v) is 5.99.